The summed E-state index contributed by atoms with van der Waals surface area (Å²) in [6.45, 7) is 2.32. The average Bonchev–Trinajstić information content (AvgIpc) is 3.15. The second-order valence-corrected chi connectivity index (χ2v) is 7.19. The Morgan fingerprint density at radius 1 is 1.03 bits per heavy atom. The molecule has 0 spiro atoms. The van der Waals surface area contributed by atoms with Crippen molar-refractivity contribution < 1.29 is 14.4 Å². The van der Waals surface area contributed by atoms with Gasteiger partial charge in [-0.05, 0) is 37.3 Å². The van der Waals surface area contributed by atoms with Gasteiger partial charge < -0.3 is 10.2 Å². The van der Waals surface area contributed by atoms with Crippen molar-refractivity contribution in [3.05, 3.63) is 82.1 Å². The molecular formula is C22H21ClN4O3. The van der Waals surface area contributed by atoms with Crippen LogP contribution >= 0.6 is 11.6 Å². The van der Waals surface area contributed by atoms with Gasteiger partial charge in [-0.3, -0.25) is 19.1 Å². The molecule has 3 rings (SSSR count). The van der Waals surface area contributed by atoms with Gasteiger partial charge in [-0.1, -0.05) is 29.8 Å². The zero-order valence-corrected chi connectivity index (χ0v) is 17.6. The van der Waals surface area contributed by atoms with Crippen molar-refractivity contribution in [3.8, 4) is 0 Å². The Hall–Kier alpha value is -3.45. The maximum Gasteiger partial charge on any atom is 0.273 e. The summed E-state index contributed by atoms with van der Waals surface area (Å²) in [5, 5.41) is 7.42. The largest absolute Gasteiger partial charge is 0.343 e. The van der Waals surface area contributed by atoms with E-state index in [2.05, 4.69) is 10.4 Å². The van der Waals surface area contributed by atoms with E-state index in [9.17, 15) is 14.4 Å². The maximum atomic E-state index is 13.0. The molecule has 3 aromatic rings. The van der Waals surface area contributed by atoms with Gasteiger partial charge in [-0.25, -0.2) is 0 Å². The molecule has 0 saturated carbocycles. The molecule has 7 nitrogen and oxygen atoms in total. The van der Waals surface area contributed by atoms with E-state index in [0.29, 0.717) is 17.1 Å². The van der Waals surface area contributed by atoms with Gasteiger partial charge in [0.1, 0.15) is 5.69 Å². The summed E-state index contributed by atoms with van der Waals surface area (Å²) < 4.78 is 1.52. The Kier molecular flexibility index (Phi) is 6.32. The SMILES string of the molecule is CCn1ncc(NC(=O)c2ccccc2C(=O)c2ccc(Cl)cc2)c1C(=O)N(C)C. The first-order valence-electron chi connectivity index (χ1n) is 9.31. The Balaban J connectivity index is 1.95. The molecule has 1 heterocycles. The molecule has 0 fully saturated rings. The zero-order chi connectivity index (χ0) is 21.8. The second kappa shape index (κ2) is 8.92. The zero-order valence-electron chi connectivity index (χ0n) is 16.8. The molecule has 1 aromatic heterocycles. The predicted molar refractivity (Wildman–Crippen MR) is 115 cm³/mol. The van der Waals surface area contributed by atoms with E-state index in [-0.39, 0.29) is 34.2 Å². The lowest BCUT2D eigenvalue weighted by atomic mass is 9.98. The van der Waals surface area contributed by atoms with Crippen LogP contribution in [0.1, 0.15) is 43.7 Å². The number of nitrogens with one attached hydrogen (secondary N) is 1. The molecule has 0 aliphatic rings. The van der Waals surface area contributed by atoms with E-state index in [4.69, 9.17) is 11.6 Å². The number of aryl methyl sites for hydroxylation is 1. The van der Waals surface area contributed by atoms with Crippen molar-refractivity contribution in [2.24, 2.45) is 0 Å². The molecule has 2 aromatic carbocycles. The molecule has 0 aliphatic carbocycles. The van der Waals surface area contributed by atoms with Crippen molar-refractivity contribution in [2.45, 2.75) is 13.5 Å². The fourth-order valence-corrected chi connectivity index (χ4v) is 3.11. The summed E-state index contributed by atoms with van der Waals surface area (Å²) in [4.78, 5) is 39.9. The number of nitrogens with zero attached hydrogens (tertiary/aromatic N) is 3. The summed E-state index contributed by atoms with van der Waals surface area (Å²) >= 11 is 5.90. The smallest absolute Gasteiger partial charge is 0.273 e. The highest BCUT2D eigenvalue weighted by atomic mass is 35.5. The fraction of sp³-hybridized carbons (Fsp3) is 0.182. The fourth-order valence-electron chi connectivity index (χ4n) is 2.98. The van der Waals surface area contributed by atoms with Crippen LogP contribution in [-0.4, -0.2) is 46.4 Å². The third-order valence-corrected chi connectivity index (χ3v) is 4.77. The third-order valence-electron chi connectivity index (χ3n) is 4.52. The number of benzene rings is 2. The van der Waals surface area contributed by atoms with E-state index < -0.39 is 5.91 Å². The van der Waals surface area contributed by atoms with Crippen LogP contribution in [0, 0.1) is 0 Å². The number of ketones is 1. The number of carbonyl (C=O) groups excluding carboxylic acids is 3. The predicted octanol–water partition coefficient (Wildman–Crippen LogP) is 3.74. The maximum absolute atomic E-state index is 13.0. The van der Waals surface area contributed by atoms with Crippen molar-refractivity contribution in [1.29, 1.82) is 0 Å². The van der Waals surface area contributed by atoms with Crippen LogP contribution < -0.4 is 5.32 Å². The van der Waals surface area contributed by atoms with Crippen molar-refractivity contribution in [1.82, 2.24) is 14.7 Å². The summed E-state index contributed by atoms with van der Waals surface area (Å²) in [7, 11) is 3.25. The summed E-state index contributed by atoms with van der Waals surface area (Å²) in [5.74, 6) is -1.09. The number of hydrogen-bond donors (Lipinski definition) is 1. The molecular weight excluding hydrogens is 404 g/mol. The number of rotatable bonds is 6. The van der Waals surface area contributed by atoms with E-state index >= 15 is 0 Å². The monoisotopic (exact) mass is 424 g/mol. The van der Waals surface area contributed by atoms with Gasteiger partial charge >= 0.3 is 0 Å². The normalized spacial score (nSPS) is 10.5. The first kappa shape index (κ1) is 21.3. The second-order valence-electron chi connectivity index (χ2n) is 6.76. The van der Waals surface area contributed by atoms with Gasteiger partial charge in [0.25, 0.3) is 11.8 Å². The van der Waals surface area contributed by atoms with Gasteiger partial charge in [-0.2, -0.15) is 5.10 Å². The summed E-state index contributed by atoms with van der Waals surface area (Å²) in [5.41, 5.74) is 1.43. The summed E-state index contributed by atoms with van der Waals surface area (Å²) in [6, 6.07) is 13.0. The standard InChI is InChI=1S/C22H21ClN4O3/c1-4-27-19(22(30)26(2)3)18(13-24-27)25-21(29)17-8-6-5-7-16(17)20(28)14-9-11-15(23)12-10-14/h5-13H,4H2,1-3H3,(H,25,29). The first-order chi connectivity index (χ1) is 14.3. The van der Waals surface area contributed by atoms with E-state index in [1.165, 1.54) is 15.8 Å². The quantitative estimate of drug-likeness (QED) is 0.611. The Morgan fingerprint density at radius 3 is 2.27 bits per heavy atom. The van der Waals surface area contributed by atoms with E-state index in [0.717, 1.165) is 0 Å². The van der Waals surface area contributed by atoms with Crippen LogP contribution in [0.5, 0.6) is 0 Å². The molecule has 0 radical (unpaired) electrons. The van der Waals surface area contributed by atoms with Gasteiger partial charge in [0.05, 0.1) is 17.4 Å². The van der Waals surface area contributed by atoms with Crippen LogP contribution in [0.2, 0.25) is 5.02 Å². The van der Waals surface area contributed by atoms with Gasteiger partial charge in [0, 0.05) is 36.8 Å². The first-order valence-corrected chi connectivity index (χ1v) is 9.69. The minimum absolute atomic E-state index is 0.199. The Labute approximate surface area is 179 Å². The molecule has 0 bridgehead atoms. The number of anilines is 1. The van der Waals surface area contributed by atoms with E-state index in [1.54, 1.807) is 62.6 Å². The van der Waals surface area contributed by atoms with Gasteiger partial charge in [0.15, 0.2) is 5.78 Å². The molecule has 154 valence electrons. The lowest BCUT2D eigenvalue weighted by Crippen LogP contribution is -2.27. The topological polar surface area (TPSA) is 84.3 Å². The number of amides is 2. The molecule has 0 atom stereocenters. The minimum atomic E-state index is -0.503. The Bertz CT molecular complexity index is 1100. The molecule has 0 unspecified atom stereocenters. The number of aromatic nitrogens is 2. The van der Waals surface area contributed by atoms with Gasteiger partial charge in [0.2, 0.25) is 0 Å². The Morgan fingerprint density at radius 2 is 1.67 bits per heavy atom. The number of carbonyl (C=O) groups is 3. The van der Waals surface area contributed by atoms with Crippen molar-refractivity contribution in [2.75, 3.05) is 19.4 Å². The molecule has 8 heteroatoms. The number of halogens is 1. The van der Waals surface area contributed by atoms with Crippen LogP contribution in [0.25, 0.3) is 0 Å². The van der Waals surface area contributed by atoms with E-state index in [1.807, 2.05) is 6.92 Å². The van der Waals surface area contributed by atoms with Crippen LogP contribution in [0.3, 0.4) is 0 Å². The minimum Gasteiger partial charge on any atom is -0.343 e. The van der Waals surface area contributed by atoms with Crippen molar-refractivity contribution >= 4 is 34.9 Å². The average molecular weight is 425 g/mol. The summed E-state index contributed by atoms with van der Waals surface area (Å²) in [6.07, 6.45) is 1.43. The lowest BCUT2D eigenvalue weighted by molar-refractivity contribution is 0.0816. The highest BCUT2D eigenvalue weighted by Crippen LogP contribution is 2.21. The highest BCUT2D eigenvalue weighted by molar-refractivity contribution is 6.30. The lowest BCUT2D eigenvalue weighted by Gasteiger charge is -2.14. The van der Waals surface area contributed by atoms with Crippen LogP contribution in [-0.2, 0) is 6.54 Å². The highest BCUT2D eigenvalue weighted by Gasteiger charge is 2.23. The number of hydrogen-bond acceptors (Lipinski definition) is 4. The van der Waals surface area contributed by atoms with Crippen molar-refractivity contribution in [3.63, 3.8) is 0 Å². The van der Waals surface area contributed by atoms with Crippen LogP contribution in [0.4, 0.5) is 5.69 Å². The molecule has 30 heavy (non-hydrogen) atoms. The van der Waals surface area contributed by atoms with Crippen LogP contribution in [0.15, 0.2) is 54.7 Å². The molecule has 0 saturated heterocycles. The molecule has 1 N–H and O–H groups in total. The molecule has 2 amide bonds. The molecule has 0 aliphatic heterocycles. The van der Waals surface area contributed by atoms with Gasteiger partial charge in [-0.15, -0.1) is 0 Å². The third kappa shape index (κ3) is 4.26.